The van der Waals surface area contributed by atoms with Gasteiger partial charge in [0.05, 0.1) is 24.1 Å². The smallest absolute Gasteiger partial charge is 0.290 e. The lowest BCUT2D eigenvalue weighted by molar-refractivity contribution is -0.123. The van der Waals surface area contributed by atoms with Gasteiger partial charge in [0, 0.05) is 31.2 Å². The molecule has 0 unspecified atom stereocenters. The second kappa shape index (κ2) is 14.6. The van der Waals surface area contributed by atoms with E-state index < -0.39 is 0 Å². The Kier molecular flexibility index (Phi) is 11.8. The second-order valence-corrected chi connectivity index (χ2v) is 8.44. The van der Waals surface area contributed by atoms with Crippen LogP contribution in [-0.2, 0) is 22.7 Å². The van der Waals surface area contributed by atoms with Gasteiger partial charge < -0.3 is 20.1 Å². The van der Waals surface area contributed by atoms with Crippen molar-refractivity contribution in [1.82, 2.24) is 29.5 Å². The van der Waals surface area contributed by atoms with E-state index >= 15 is 0 Å². The normalized spacial score (nSPS) is 18.2. The van der Waals surface area contributed by atoms with Gasteiger partial charge in [0.25, 0.3) is 12.9 Å². The molecule has 2 saturated heterocycles. The van der Waals surface area contributed by atoms with E-state index in [-0.39, 0.29) is 12.9 Å². The molecule has 0 bridgehead atoms. The number of aromatic amines is 1. The van der Waals surface area contributed by atoms with E-state index in [1.54, 1.807) is 12.5 Å². The van der Waals surface area contributed by atoms with Crippen LogP contribution in [0.5, 0.6) is 0 Å². The first-order valence-corrected chi connectivity index (χ1v) is 11.2. The van der Waals surface area contributed by atoms with Gasteiger partial charge in [-0.25, -0.2) is 4.98 Å². The Labute approximate surface area is 193 Å². The third kappa shape index (κ3) is 8.97. The van der Waals surface area contributed by atoms with E-state index in [0.717, 1.165) is 36.5 Å². The highest BCUT2D eigenvalue weighted by Crippen LogP contribution is 2.32. The van der Waals surface area contributed by atoms with Gasteiger partial charge in [0.1, 0.15) is 0 Å². The molecular weight excluding hydrogens is 436 g/mol. The minimum atomic E-state index is -0.250. The maximum absolute atomic E-state index is 8.36. The Balaban J connectivity index is 0.000000547. The number of halogens is 1. The minimum Gasteiger partial charge on any atom is -0.483 e. The molecule has 178 valence electrons. The van der Waals surface area contributed by atoms with Gasteiger partial charge in [-0.3, -0.25) is 19.2 Å². The molecule has 2 aliphatic heterocycles. The van der Waals surface area contributed by atoms with Crippen LogP contribution in [0.1, 0.15) is 31.4 Å². The molecule has 2 fully saturated rings. The number of carboxylic acid groups (broad SMARTS) is 2. The van der Waals surface area contributed by atoms with Crippen LogP contribution in [0.4, 0.5) is 0 Å². The molecule has 4 heterocycles. The average Bonchev–Trinajstić information content (AvgIpc) is 3.46. The molecule has 32 heavy (non-hydrogen) atoms. The van der Waals surface area contributed by atoms with Crippen LogP contribution in [0, 0.1) is 11.8 Å². The van der Waals surface area contributed by atoms with Gasteiger partial charge in [-0.05, 0) is 63.7 Å². The monoisotopic (exact) mass is 468 g/mol. The lowest BCUT2D eigenvalue weighted by Gasteiger charge is -2.40. The highest BCUT2D eigenvalue weighted by Gasteiger charge is 2.29. The van der Waals surface area contributed by atoms with Crippen molar-refractivity contribution in [2.45, 2.75) is 38.8 Å². The number of piperidine rings is 2. The third-order valence-electron chi connectivity index (χ3n) is 6.13. The number of aromatic nitrogens is 4. The number of imidazole rings is 1. The molecule has 0 aliphatic carbocycles. The van der Waals surface area contributed by atoms with Crippen molar-refractivity contribution in [1.29, 1.82) is 0 Å². The Morgan fingerprint density at radius 2 is 1.53 bits per heavy atom. The van der Waals surface area contributed by atoms with E-state index in [0.29, 0.717) is 0 Å². The van der Waals surface area contributed by atoms with Crippen molar-refractivity contribution >= 4 is 24.5 Å². The second-order valence-electron chi connectivity index (χ2n) is 8.00. The van der Waals surface area contributed by atoms with Gasteiger partial charge in [-0.15, -0.1) is 0 Å². The number of nitrogens with zero attached hydrogens (tertiary/aromatic N) is 5. The van der Waals surface area contributed by atoms with Crippen LogP contribution in [0.25, 0.3) is 0 Å². The number of H-pyrrole nitrogens is 1. The highest BCUT2D eigenvalue weighted by atomic mass is 35.5. The summed E-state index contributed by atoms with van der Waals surface area (Å²) in [6.45, 7) is 7.44. The average molecular weight is 469 g/mol. The molecule has 10 nitrogen and oxygen atoms in total. The maximum atomic E-state index is 8.36. The van der Waals surface area contributed by atoms with Crippen LogP contribution in [0.15, 0.2) is 24.9 Å². The number of hydrogen-bond donors (Lipinski definition) is 3. The van der Waals surface area contributed by atoms with Gasteiger partial charge in [-0.1, -0.05) is 11.6 Å². The fourth-order valence-electron chi connectivity index (χ4n) is 4.55. The molecule has 0 amide bonds. The summed E-state index contributed by atoms with van der Waals surface area (Å²) in [7, 11) is 0. The molecule has 11 heteroatoms. The Bertz CT molecular complexity index is 750. The summed E-state index contributed by atoms with van der Waals surface area (Å²) in [5, 5.41) is 18.8. The lowest BCUT2D eigenvalue weighted by atomic mass is 9.79. The lowest BCUT2D eigenvalue weighted by Crippen LogP contribution is -2.41. The zero-order valence-corrected chi connectivity index (χ0v) is 19.0. The van der Waals surface area contributed by atoms with Crippen LogP contribution >= 0.6 is 11.6 Å². The van der Waals surface area contributed by atoms with Crippen molar-refractivity contribution in [3.8, 4) is 0 Å². The topological polar surface area (TPSA) is 128 Å². The fourth-order valence-corrected chi connectivity index (χ4v) is 4.70. The molecule has 0 saturated carbocycles. The molecular formula is C21H33ClN6O4. The SMILES string of the molecule is Clc1cnn(CCN2CCC(C3CCN(Cc4cnc[nH]4)CC3)CC2)c1.O=CO.O=CO. The Morgan fingerprint density at radius 1 is 0.969 bits per heavy atom. The molecule has 0 spiro atoms. The predicted octanol–water partition coefficient (Wildman–Crippen LogP) is 2.29. The number of likely N-dealkylation sites (tertiary alicyclic amines) is 2. The molecule has 2 aromatic heterocycles. The molecule has 2 aromatic rings. The van der Waals surface area contributed by atoms with Gasteiger partial charge >= 0.3 is 0 Å². The standard InChI is InChI=1S/C19H29ClN6.2CH2O2/c20-18-11-23-26(13-18)10-9-24-5-1-16(2-6-24)17-3-7-25(8-4-17)14-19-12-21-15-22-19;2*2-1-3/h11-13,15-17H,1-10,14H2,(H,21,22);2*1H,(H,2,3). The van der Waals surface area contributed by atoms with E-state index in [4.69, 9.17) is 31.4 Å². The minimum absolute atomic E-state index is 0.250. The summed E-state index contributed by atoms with van der Waals surface area (Å²) in [4.78, 5) is 29.2. The van der Waals surface area contributed by atoms with Crippen molar-refractivity contribution < 1.29 is 19.8 Å². The summed E-state index contributed by atoms with van der Waals surface area (Å²) in [6.07, 6.45) is 12.7. The van der Waals surface area contributed by atoms with Crippen LogP contribution in [0.3, 0.4) is 0 Å². The van der Waals surface area contributed by atoms with Crippen molar-refractivity contribution in [2.75, 3.05) is 32.7 Å². The zero-order chi connectivity index (χ0) is 23.2. The molecule has 3 N–H and O–H groups in total. The van der Waals surface area contributed by atoms with E-state index in [1.807, 2.05) is 17.1 Å². The molecule has 4 rings (SSSR count). The summed E-state index contributed by atoms with van der Waals surface area (Å²) >= 11 is 5.93. The van der Waals surface area contributed by atoms with Gasteiger partial charge in [0.15, 0.2) is 0 Å². The summed E-state index contributed by atoms with van der Waals surface area (Å²) in [5.41, 5.74) is 1.23. The number of nitrogens with one attached hydrogen (secondary N) is 1. The van der Waals surface area contributed by atoms with Crippen molar-refractivity contribution in [2.24, 2.45) is 11.8 Å². The third-order valence-corrected chi connectivity index (χ3v) is 6.32. The summed E-state index contributed by atoms with van der Waals surface area (Å²) < 4.78 is 1.95. The first-order chi connectivity index (χ1) is 15.6. The predicted molar refractivity (Wildman–Crippen MR) is 120 cm³/mol. The van der Waals surface area contributed by atoms with Crippen molar-refractivity contribution in [3.63, 3.8) is 0 Å². The van der Waals surface area contributed by atoms with Crippen LogP contribution < -0.4 is 0 Å². The first-order valence-electron chi connectivity index (χ1n) is 10.8. The number of hydrogen-bond acceptors (Lipinski definition) is 6. The summed E-state index contributed by atoms with van der Waals surface area (Å²) in [6, 6.07) is 0. The quantitative estimate of drug-likeness (QED) is 0.551. The summed E-state index contributed by atoms with van der Waals surface area (Å²) in [5.74, 6) is 1.83. The maximum Gasteiger partial charge on any atom is 0.290 e. The zero-order valence-electron chi connectivity index (χ0n) is 18.2. The number of rotatable bonds is 6. The molecule has 0 radical (unpaired) electrons. The van der Waals surface area contributed by atoms with Gasteiger partial charge in [-0.2, -0.15) is 5.10 Å². The van der Waals surface area contributed by atoms with Gasteiger partial charge in [0.2, 0.25) is 0 Å². The molecule has 2 aliphatic rings. The first kappa shape index (κ1) is 25.8. The largest absolute Gasteiger partial charge is 0.483 e. The van der Waals surface area contributed by atoms with Crippen LogP contribution in [0.2, 0.25) is 5.02 Å². The van der Waals surface area contributed by atoms with E-state index in [1.165, 1.54) is 57.6 Å². The Morgan fingerprint density at radius 3 is 2.00 bits per heavy atom. The van der Waals surface area contributed by atoms with E-state index in [2.05, 4.69) is 24.9 Å². The van der Waals surface area contributed by atoms with Crippen LogP contribution in [-0.4, -0.2) is 85.4 Å². The molecule has 0 atom stereocenters. The Hall–Kier alpha value is -2.43. The van der Waals surface area contributed by atoms with Crippen molar-refractivity contribution in [3.05, 3.63) is 35.6 Å². The molecule has 0 aromatic carbocycles. The highest BCUT2D eigenvalue weighted by molar-refractivity contribution is 6.30. The fraction of sp³-hybridized carbons (Fsp3) is 0.619. The number of carbonyl (C=O) groups is 2. The van der Waals surface area contributed by atoms with E-state index in [9.17, 15) is 0 Å².